The molecule has 274 valence electrons. The molecule has 0 amide bonds. The van der Waals surface area contributed by atoms with Crippen LogP contribution >= 0.6 is 0 Å². The number of aliphatic hydroxyl groups is 1. The van der Waals surface area contributed by atoms with Crippen molar-refractivity contribution in [2.75, 3.05) is 6.61 Å². The minimum Gasteiger partial charge on any atom is -0.461 e. The maximum atomic E-state index is 13.3. The summed E-state index contributed by atoms with van der Waals surface area (Å²) >= 11 is 0. The summed E-state index contributed by atoms with van der Waals surface area (Å²) in [6.07, 6.45) is 1.50. The number of esters is 1. The third-order valence-electron chi connectivity index (χ3n) is 9.79. The fourth-order valence-corrected chi connectivity index (χ4v) is 7.40. The van der Waals surface area contributed by atoms with E-state index >= 15 is 0 Å². The molecule has 0 aliphatic carbocycles. The molecule has 5 aromatic carbocycles. The number of hydrazine groups is 2. The molecule has 0 unspecified atom stereocenters. The second-order valence-electron chi connectivity index (χ2n) is 13.9. The van der Waals surface area contributed by atoms with Gasteiger partial charge in [-0.05, 0) is 60.6 Å². The maximum Gasteiger partial charge on any atom is 0.357 e. The van der Waals surface area contributed by atoms with Gasteiger partial charge in [-0.3, -0.25) is 5.01 Å². The van der Waals surface area contributed by atoms with Gasteiger partial charge < -0.3 is 14.4 Å². The highest BCUT2D eigenvalue weighted by atomic mass is 16.5. The lowest BCUT2D eigenvalue weighted by Crippen LogP contribution is -2.56. The molecule has 3 N–H and O–H groups in total. The number of carbonyl (C=O) groups excluding carboxylic acids is 1. The molecule has 0 bridgehead atoms. The quantitative estimate of drug-likeness (QED) is 0.0823. The monoisotopic (exact) mass is 718 g/mol. The minimum atomic E-state index is -1.32. The first kappa shape index (κ1) is 36.3. The van der Waals surface area contributed by atoms with Gasteiger partial charge in [0.25, 0.3) is 0 Å². The summed E-state index contributed by atoms with van der Waals surface area (Å²) < 4.78 is 7.35. The van der Waals surface area contributed by atoms with Gasteiger partial charge in [0, 0.05) is 18.5 Å². The van der Waals surface area contributed by atoms with Crippen molar-refractivity contribution in [3.05, 3.63) is 185 Å². The standard InChI is InChI=1S/C45H46N6O3/c1-5-18-39-46-41(44(3,4)53)40(43(52)54-6-2)50(39)31-32-27-29-33(30-28-32)37-25-16-17-26-38(37)42-47-48-49-51(42)45(34-19-10-7-11-20-34,35-21-12-8-13-22-35)36-23-14-9-15-24-36/h7-17,19-30,48-49,53H,5-6,18,31H2,1-4H3. The smallest absolute Gasteiger partial charge is 0.357 e. The molecule has 1 aliphatic heterocycles. The molecule has 0 fully saturated rings. The minimum absolute atomic E-state index is 0.226. The largest absolute Gasteiger partial charge is 0.461 e. The molecule has 7 rings (SSSR count). The van der Waals surface area contributed by atoms with Crippen LogP contribution in [0.15, 0.2) is 145 Å². The van der Waals surface area contributed by atoms with Crippen LogP contribution in [0.5, 0.6) is 0 Å². The third-order valence-corrected chi connectivity index (χ3v) is 9.79. The van der Waals surface area contributed by atoms with Gasteiger partial charge in [0.15, 0.2) is 11.5 Å². The van der Waals surface area contributed by atoms with E-state index in [-0.39, 0.29) is 6.61 Å². The molecule has 0 atom stereocenters. The first-order chi connectivity index (χ1) is 26.3. The van der Waals surface area contributed by atoms with Crippen molar-refractivity contribution >= 4 is 11.8 Å². The number of aryl methyl sites for hydroxylation is 1. The lowest BCUT2D eigenvalue weighted by Gasteiger charge is -2.44. The number of carbonyl (C=O) groups is 1. The van der Waals surface area contributed by atoms with E-state index in [2.05, 4.69) is 132 Å². The molecule has 0 spiro atoms. The SMILES string of the molecule is CCCc1nc(C(C)(C)O)c(C(=O)OCC)n1Cc1ccc(-c2ccccc2C2=NNNN2C(c2ccccc2)(c2ccccc2)c2ccccc2)cc1. The van der Waals surface area contributed by atoms with Crippen molar-refractivity contribution in [2.45, 2.75) is 58.2 Å². The molecule has 0 saturated carbocycles. The normalized spacial score (nSPS) is 13.1. The van der Waals surface area contributed by atoms with Gasteiger partial charge >= 0.3 is 5.97 Å². The van der Waals surface area contributed by atoms with E-state index in [0.717, 1.165) is 57.0 Å². The van der Waals surface area contributed by atoms with Gasteiger partial charge in [-0.25, -0.2) is 15.3 Å². The van der Waals surface area contributed by atoms with Gasteiger partial charge in [-0.2, -0.15) is 0 Å². The Morgan fingerprint density at radius 3 is 1.80 bits per heavy atom. The van der Waals surface area contributed by atoms with Crippen LogP contribution in [-0.2, 0) is 28.8 Å². The zero-order chi connectivity index (χ0) is 37.7. The van der Waals surface area contributed by atoms with Crippen LogP contribution in [0.1, 0.15) is 83.9 Å². The average Bonchev–Trinajstić information content (AvgIpc) is 3.83. The summed E-state index contributed by atoms with van der Waals surface area (Å²) in [7, 11) is 0. The number of ether oxygens (including phenoxy) is 1. The highest BCUT2D eigenvalue weighted by Gasteiger charge is 2.46. The number of benzene rings is 5. The van der Waals surface area contributed by atoms with E-state index in [1.54, 1.807) is 20.8 Å². The number of rotatable bonds is 13. The first-order valence-electron chi connectivity index (χ1n) is 18.5. The Morgan fingerprint density at radius 1 is 0.741 bits per heavy atom. The Kier molecular flexibility index (Phi) is 10.4. The van der Waals surface area contributed by atoms with Crippen molar-refractivity contribution in [3.63, 3.8) is 0 Å². The van der Waals surface area contributed by atoms with Crippen molar-refractivity contribution in [2.24, 2.45) is 5.10 Å². The van der Waals surface area contributed by atoms with Gasteiger partial charge in [0.2, 0.25) is 0 Å². The summed E-state index contributed by atoms with van der Waals surface area (Å²) in [5.74, 6) is 0.981. The lowest BCUT2D eigenvalue weighted by atomic mass is 9.76. The van der Waals surface area contributed by atoms with E-state index < -0.39 is 17.1 Å². The number of hydrazone groups is 1. The number of hydrogen-bond donors (Lipinski definition) is 3. The van der Waals surface area contributed by atoms with Crippen molar-refractivity contribution in [3.8, 4) is 11.1 Å². The molecular formula is C45H46N6O3. The zero-order valence-electron chi connectivity index (χ0n) is 31.2. The van der Waals surface area contributed by atoms with Crippen LogP contribution in [0.2, 0.25) is 0 Å². The second-order valence-corrected chi connectivity index (χ2v) is 13.9. The van der Waals surface area contributed by atoms with Crippen LogP contribution in [0.25, 0.3) is 11.1 Å². The maximum absolute atomic E-state index is 13.3. The molecule has 6 aromatic rings. The predicted octanol–water partition coefficient (Wildman–Crippen LogP) is 7.93. The molecule has 1 aliphatic rings. The number of amidine groups is 1. The number of nitrogens with one attached hydrogen (secondary N) is 2. The predicted molar refractivity (Wildman–Crippen MR) is 212 cm³/mol. The van der Waals surface area contributed by atoms with Crippen molar-refractivity contribution in [1.82, 2.24) is 25.6 Å². The highest BCUT2D eigenvalue weighted by molar-refractivity contribution is 6.05. The Morgan fingerprint density at radius 2 is 1.28 bits per heavy atom. The molecule has 54 heavy (non-hydrogen) atoms. The summed E-state index contributed by atoms with van der Waals surface area (Å²) in [4.78, 5) is 18.1. The van der Waals surface area contributed by atoms with Gasteiger partial charge in [-0.15, -0.1) is 10.6 Å². The van der Waals surface area contributed by atoms with Crippen LogP contribution in [0, 0.1) is 0 Å². The summed E-state index contributed by atoms with van der Waals surface area (Å²) in [6.45, 7) is 7.77. The second kappa shape index (κ2) is 15.5. The van der Waals surface area contributed by atoms with Gasteiger partial charge in [-0.1, -0.05) is 146 Å². The number of hydrogen-bond acceptors (Lipinski definition) is 8. The fourth-order valence-electron chi connectivity index (χ4n) is 7.40. The van der Waals surface area contributed by atoms with Crippen LogP contribution in [0.3, 0.4) is 0 Å². The van der Waals surface area contributed by atoms with Crippen LogP contribution in [0.4, 0.5) is 0 Å². The molecule has 1 aromatic heterocycles. The first-order valence-corrected chi connectivity index (χ1v) is 18.5. The summed E-state index contributed by atoms with van der Waals surface area (Å²) in [5, 5.41) is 18.0. The molecule has 9 heteroatoms. The highest BCUT2D eigenvalue weighted by Crippen LogP contribution is 2.43. The molecule has 0 radical (unpaired) electrons. The van der Waals surface area contributed by atoms with Gasteiger partial charge in [0.1, 0.15) is 22.7 Å². The van der Waals surface area contributed by atoms with Crippen LogP contribution < -0.4 is 11.1 Å². The van der Waals surface area contributed by atoms with E-state index in [9.17, 15) is 9.90 Å². The zero-order valence-corrected chi connectivity index (χ0v) is 31.2. The fraction of sp³-hybridized carbons (Fsp3) is 0.222. The molecule has 2 heterocycles. The van der Waals surface area contributed by atoms with E-state index in [0.29, 0.717) is 24.4 Å². The average molecular weight is 719 g/mol. The molecule has 9 nitrogen and oxygen atoms in total. The van der Waals surface area contributed by atoms with Crippen LogP contribution in [-0.4, -0.2) is 38.1 Å². The van der Waals surface area contributed by atoms with Crippen molar-refractivity contribution in [1.29, 1.82) is 0 Å². The Hall–Kier alpha value is -6.03. The third kappa shape index (κ3) is 6.79. The lowest BCUT2D eigenvalue weighted by molar-refractivity contribution is 0.0469. The Labute approximate surface area is 316 Å². The topological polar surface area (TPSA) is 104 Å². The van der Waals surface area contributed by atoms with Gasteiger partial charge in [0.05, 0.1) is 6.61 Å². The molecular weight excluding hydrogens is 673 g/mol. The van der Waals surface area contributed by atoms with E-state index in [1.807, 2.05) is 34.9 Å². The summed E-state index contributed by atoms with van der Waals surface area (Å²) in [6, 6.07) is 48.1. The number of aromatic nitrogens is 2. The van der Waals surface area contributed by atoms with Crippen molar-refractivity contribution < 1.29 is 14.6 Å². The Bertz CT molecular complexity index is 2130. The Balaban J connectivity index is 1.30. The number of imidazole rings is 1. The van der Waals surface area contributed by atoms with E-state index in [1.165, 1.54) is 0 Å². The molecule has 0 saturated heterocycles. The number of nitrogens with zero attached hydrogens (tertiary/aromatic N) is 4. The summed E-state index contributed by atoms with van der Waals surface area (Å²) in [5.41, 5.74) is 12.2. The van der Waals surface area contributed by atoms with E-state index in [4.69, 9.17) is 14.8 Å².